The molecule has 2 heterocycles. The van der Waals surface area contributed by atoms with Crippen molar-refractivity contribution in [3.05, 3.63) is 102 Å². The van der Waals surface area contributed by atoms with Gasteiger partial charge in [-0.25, -0.2) is 0 Å². The van der Waals surface area contributed by atoms with Crippen LogP contribution in [-0.2, 0) is 18.9 Å². The molecule has 0 spiro atoms. The van der Waals surface area contributed by atoms with E-state index in [1.165, 1.54) is 9.80 Å². The maximum absolute atomic E-state index is 14.5. The minimum Gasteiger partial charge on any atom is -0.382 e. The molecule has 289 valence electrons. The van der Waals surface area contributed by atoms with Crippen LogP contribution in [0.1, 0.15) is 86.4 Å². The lowest BCUT2D eigenvalue weighted by Crippen LogP contribution is -2.47. The van der Waals surface area contributed by atoms with Gasteiger partial charge in [-0.15, -0.1) is 0 Å². The van der Waals surface area contributed by atoms with E-state index in [9.17, 15) is 19.2 Å². The third-order valence-corrected chi connectivity index (χ3v) is 11.5. The Morgan fingerprint density at radius 3 is 1.36 bits per heavy atom. The Bertz CT molecular complexity index is 2140. The van der Waals surface area contributed by atoms with Gasteiger partial charge >= 0.3 is 0 Å². The van der Waals surface area contributed by atoms with Crippen LogP contribution in [0.2, 0.25) is 0 Å². The van der Waals surface area contributed by atoms with Gasteiger partial charge in [0.1, 0.15) is 0 Å². The summed E-state index contributed by atoms with van der Waals surface area (Å²) in [5.41, 5.74) is 2.03. The third kappa shape index (κ3) is 6.95. The predicted molar refractivity (Wildman–Crippen MR) is 215 cm³/mol. The van der Waals surface area contributed by atoms with Crippen LogP contribution in [-0.4, -0.2) is 99.9 Å². The SMILES string of the molecule is COCCOCCCCC(CCCCOCCOC)N1C(=O)c2ccc3c4ccc5c6c(ccc(c7ccc(c2c37)C1=O)c64)C(=O)N(CC[C]1[CH][CH][CH][CH]1)C5=O. The second-order valence-electron chi connectivity index (χ2n) is 14.8. The number of carbonyl (C=O) groups excluding carboxylic acids is 4. The molecule has 3 aliphatic rings. The van der Waals surface area contributed by atoms with Gasteiger partial charge in [0.15, 0.2) is 0 Å². The molecule has 0 saturated heterocycles. The van der Waals surface area contributed by atoms with E-state index in [1.807, 2.05) is 74.2 Å². The van der Waals surface area contributed by atoms with Crippen LogP contribution in [0.5, 0.6) is 0 Å². The van der Waals surface area contributed by atoms with E-state index in [2.05, 4.69) is 0 Å². The number of unbranched alkanes of at least 4 members (excludes halogenated alkanes) is 2. The maximum atomic E-state index is 14.5. The highest BCUT2D eigenvalue weighted by molar-refractivity contribution is 6.41. The first-order chi connectivity index (χ1) is 27.4. The summed E-state index contributed by atoms with van der Waals surface area (Å²) < 4.78 is 21.5. The van der Waals surface area contributed by atoms with Crippen LogP contribution in [0.25, 0.3) is 43.1 Å². The van der Waals surface area contributed by atoms with E-state index >= 15 is 0 Å². The van der Waals surface area contributed by atoms with Crippen LogP contribution >= 0.6 is 0 Å². The first-order valence-electron chi connectivity index (χ1n) is 19.7. The van der Waals surface area contributed by atoms with Crippen molar-refractivity contribution in [3.8, 4) is 0 Å². The Morgan fingerprint density at radius 2 is 0.929 bits per heavy atom. The number of nitrogens with zero attached hydrogens (tertiary/aromatic N) is 2. The summed E-state index contributed by atoms with van der Waals surface area (Å²) in [4.78, 5) is 59.8. The summed E-state index contributed by atoms with van der Waals surface area (Å²) >= 11 is 0. The van der Waals surface area contributed by atoms with Gasteiger partial charge < -0.3 is 18.9 Å². The van der Waals surface area contributed by atoms with Gasteiger partial charge in [0.2, 0.25) is 0 Å². The normalized spacial score (nSPS) is 16.1. The summed E-state index contributed by atoms with van der Waals surface area (Å²) in [7, 11) is 3.29. The molecule has 56 heavy (non-hydrogen) atoms. The molecule has 0 bridgehead atoms. The van der Waals surface area contributed by atoms with Crippen molar-refractivity contribution >= 4 is 66.7 Å². The van der Waals surface area contributed by atoms with Crippen molar-refractivity contribution in [3.63, 3.8) is 0 Å². The number of hydrogen-bond acceptors (Lipinski definition) is 8. The Balaban J connectivity index is 1.12. The predicted octanol–water partition coefficient (Wildman–Crippen LogP) is 7.76. The second-order valence-corrected chi connectivity index (χ2v) is 14.8. The molecular formula is C46H47N2O8. The van der Waals surface area contributed by atoms with Crippen molar-refractivity contribution in [2.75, 3.05) is 60.4 Å². The number of ether oxygens (including phenoxy) is 4. The molecule has 0 atom stereocenters. The van der Waals surface area contributed by atoms with E-state index in [4.69, 9.17) is 18.9 Å². The third-order valence-electron chi connectivity index (χ3n) is 11.5. The Labute approximate surface area is 327 Å². The van der Waals surface area contributed by atoms with Gasteiger partial charge in [-0.3, -0.25) is 29.0 Å². The second kappa shape index (κ2) is 16.9. The zero-order valence-electron chi connectivity index (χ0n) is 32.1. The molecule has 5 radical (unpaired) electrons. The number of amides is 4. The van der Waals surface area contributed by atoms with E-state index in [0.717, 1.165) is 63.9 Å². The highest BCUT2D eigenvalue weighted by Crippen LogP contribution is 2.46. The molecule has 10 nitrogen and oxygen atoms in total. The van der Waals surface area contributed by atoms with Gasteiger partial charge in [-0.05, 0) is 133 Å². The fraction of sp³-hybridized carbons (Fsp3) is 0.370. The molecule has 5 aromatic rings. The topological polar surface area (TPSA) is 112 Å². The molecule has 1 fully saturated rings. The molecular weight excluding hydrogens is 709 g/mol. The standard InChI is InChI=1S/C46H47N2O8/c1-53-25-27-55-23-7-5-11-30(12-6-8-24-56-28-26-54-2)48-45(51)37-19-15-33-31-13-17-35-41-36(44(50)47(43(35)49)22-21-29-9-3-4-10-29)18-14-32(39(31)41)34-16-20-38(46(48)52)42(37)40(33)34/h3-4,9-10,13-20,30H,5-8,11-12,21-28H2,1-2H3. The van der Waals surface area contributed by atoms with Gasteiger partial charge in [0.05, 0.1) is 26.4 Å². The lowest BCUT2D eigenvalue weighted by atomic mass is 9.82. The maximum Gasteiger partial charge on any atom is 0.261 e. The van der Waals surface area contributed by atoms with Crippen molar-refractivity contribution in [2.24, 2.45) is 0 Å². The molecule has 0 aromatic heterocycles. The van der Waals surface area contributed by atoms with Crippen molar-refractivity contribution in [1.82, 2.24) is 9.80 Å². The van der Waals surface area contributed by atoms with E-state index < -0.39 is 0 Å². The zero-order valence-corrected chi connectivity index (χ0v) is 32.1. The smallest absolute Gasteiger partial charge is 0.261 e. The summed E-state index contributed by atoms with van der Waals surface area (Å²) in [5, 5.41) is 6.53. The van der Waals surface area contributed by atoms with Crippen molar-refractivity contribution in [1.29, 1.82) is 0 Å². The highest BCUT2D eigenvalue weighted by atomic mass is 16.5. The average Bonchev–Trinajstić information content (AvgIpc) is 3.74. The number of carbonyl (C=O) groups is 4. The van der Waals surface area contributed by atoms with E-state index in [0.29, 0.717) is 98.5 Å². The summed E-state index contributed by atoms with van der Waals surface area (Å²) in [6.45, 7) is 3.62. The molecule has 5 aromatic carbocycles. The fourth-order valence-corrected chi connectivity index (χ4v) is 8.75. The lowest BCUT2D eigenvalue weighted by molar-refractivity contribution is 0.0493. The fourth-order valence-electron chi connectivity index (χ4n) is 8.75. The molecule has 8 rings (SSSR count). The highest BCUT2D eigenvalue weighted by Gasteiger charge is 2.39. The van der Waals surface area contributed by atoms with E-state index in [1.54, 1.807) is 14.2 Å². The lowest BCUT2D eigenvalue weighted by Gasteiger charge is -2.35. The molecule has 10 heteroatoms. The average molecular weight is 756 g/mol. The van der Waals surface area contributed by atoms with Crippen LogP contribution in [0.4, 0.5) is 0 Å². The molecule has 0 N–H and O–H groups in total. The van der Waals surface area contributed by atoms with Gasteiger partial charge in [-0.2, -0.15) is 0 Å². The quantitative estimate of drug-likeness (QED) is 0.0343. The Kier molecular flexibility index (Phi) is 11.6. The van der Waals surface area contributed by atoms with Crippen LogP contribution in [0.15, 0.2) is 48.5 Å². The molecule has 0 unspecified atom stereocenters. The summed E-state index contributed by atoms with van der Waals surface area (Å²) in [6, 6.07) is 14.9. The Morgan fingerprint density at radius 1 is 0.500 bits per heavy atom. The largest absolute Gasteiger partial charge is 0.382 e. The zero-order chi connectivity index (χ0) is 38.8. The molecule has 1 aliphatic carbocycles. The number of rotatable bonds is 20. The first kappa shape index (κ1) is 38.4. The van der Waals surface area contributed by atoms with Crippen molar-refractivity contribution < 1.29 is 38.1 Å². The summed E-state index contributed by atoms with van der Waals surface area (Å²) in [5.74, 6) is -0.0717. The number of hydrogen-bond donors (Lipinski definition) is 0. The summed E-state index contributed by atoms with van der Waals surface area (Å²) in [6.07, 6.45) is 13.1. The number of methoxy groups -OCH3 is 2. The van der Waals surface area contributed by atoms with Crippen molar-refractivity contribution in [2.45, 2.75) is 51.0 Å². The van der Waals surface area contributed by atoms with Crippen LogP contribution in [0.3, 0.4) is 0 Å². The molecule has 4 amide bonds. The van der Waals surface area contributed by atoms with Crippen LogP contribution in [0, 0.1) is 31.6 Å². The first-order valence-corrected chi connectivity index (χ1v) is 19.7. The van der Waals surface area contributed by atoms with Gasteiger partial charge in [0, 0.05) is 73.0 Å². The van der Waals surface area contributed by atoms with Gasteiger partial charge in [-0.1, -0.05) is 24.3 Å². The monoisotopic (exact) mass is 755 g/mol. The Hall–Kier alpha value is -4.48. The number of benzene rings is 5. The number of fused-ring (bicyclic) bond motifs is 2. The number of imide groups is 2. The molecule has 2 aliphatic heterocycles. The minimum atomic E-state index is -0.295. The minimum absolute atomic E-state index is 0.278. The van der Waals surface area contributed by atoms with Crippen LogP contribution < -0.4 is 0 Å². The van der Waals surface area contributed by atoms with Gasteiger partial charge in [0.25, 0.3) is 23.6 Å². The van der Waals surface area contributed by atoms with E-state index in [-0.39, 0.29) is 29.7 Å². The molecule has 1 saturated carbocycles.